The fourth-order valence-electron chi connectivity index (χ4n) is 5.42. The van der Waals surface area contributed by atoms with E-state index in [9.17, 15) is 24.3 Å². The quantitative estimate of drug-likeness (QED) is 0.382. The fraction of sp³-hybridized carbons (Fsp3) is 0.552. The molecule has 1 aliphatic heterocycles. The van der Waals surface area contributed by atoms with Crippen LogP contribution in [0.1, 0.15) is 64.3 Å². The standard InChI is InChI=1S/C29H39N5O5S/c1-15(17-6-8-18(9-7-17)23-16(2)31-14-40-23)32-27(38)22-12-19(35)13-34(22)28(39)24(29(3,4)5)33-26(37)21-11-10-20(21)25(30)36/h6-9,14-15,19-22,24,35H,10-13H2,1-5H3,(H2,30,36)(H,32,38)(H,33,37)/t15-,19+,20?,21?,22-,24+/m0/s1. The normalized spacial score (nSPS) is 24.1. The Morgan fingerprint density at radius 1 is 1.07 bits per heavy atom. The lowest BCUT2D eigenvalue weighted by molar-refractivity contribution is -0.147. The van der Waals surface area contributed by atoms with Crippen LogP contribution in [0.15, 0.2) is 29.8 Å². The Hall–Kier alpha value is -3.31. The molecule has 1 aliphatic carbocycles. The third-order valence-corrected chi connectivity index (χ3v) is 9.00. The average molecular weight is 570 g/mol. The minimum absolute atomic E-state index is 0.00993. The number of nitrogens with one attached hydrogen (secondary N) is 2. The van der Waals surface area contributed by atoms with Crippen molar-refractivity contribution in [1.82, 2.24) is 20.5 Å². The van der Waals surface area contributed by atoms with Gasteiger partial charge in [0.1, 0.15) is 12.1 Å². The van der Waals surface area contributed by atoms with Crippen molar-refractivity contribution in [2.45, 2.75) is 78.1 Å². The molecule has 10 nitrogen and oxygen atoms in total. The first-order chi connectivity index (χ1) is 18.8. The molecule has 4 rings (SSSR count). The van der Waals surface area contributed by atoms with Crippen LogP contribution in [0, 0.1) is 24.2 Å². The zero-order valence-corrected chi connectivity index (χ0v) is 24.5. The molecule has 0 bridgehead atoms. The molecular formula is C29H39N5O5S. The number of hydrogen-bond donors (Lipinski definition) is 4. The summed E-state index contributed by atoms with van der Waals surface area (Å²) in [6.45, 7) is 9.29. The van der Waals surface area contributed by atoms with Crippen molar-refractivity contribution >= 4 is 35.0 Å². The second kappa shape index (κ2) is 11.7. The molecule has 4 amide bonds. The summed E-state index contributed by atoms with van der Waals surface area (Å²) in [4.78, 5) is 58.6. The van der Waals surface area contributed by atoms with Crippen LogP contribution < -0.4 is 16.4 Å². The van der Waals surface area contributed by atoms with Crippen molar-refractivity contribution in [1.29, 1.82) is 0 Å². The summed E-state index contributed by atoms with van der Waals surface area (Å²) >= 11 is 1.57. The van der Waals surface area contributed by atoms with E-state index < -0.39 is 53.2 Å². The van der Waals surface area contributed by atoms with Crippen molar-refractivity contribution in [3.8, 4) is 10.4 Å². The molecule has 216 valence electrons. The number of aryl methyl sites for hydroxylation is 1. The van der Waals surface area contributed by atoms with Gasteiger partial charge in [0.15, 0.2) is 0 Å². The van der Waals surface area contributed by atoms with Gasteiger partial charge in [-0.3, -0.25) is 19.2 Å². The lowest BCUT2D eigenvalue weighted by atomic mass is 9.72. The summed E-state index contributed by atoms with van der Waals surface area (Å²) in [5.74, 6) is -2.83. The third kappa shape index (κ3) is 6.20. The van der Waals surface area contributed by atoms with E-state index in [1.54, 1.807) is 11.3 Å². The Morgan fingerprint density at radius 2 is 1.73 bits per heavy atom. The first-order valence-electron chi connectivity index (χ1n) is 13.7. The molecule has 0 spiro atoms. The Bertz CT molecular complexity index is 1270. The van der Waals surface area contributed by atoms with Gasteiger partial charge in [0.2, 0.25) is 23.6 Å². The maximum atomic E-state index is 13.8. The van der Waals surface area contributed by atoms with E-state index in [1.807, 2.05) is 64.4 Å². The largest absolute Gasteiger partial charge is 0.391 e. The van der Waals surface area contributed by atoms with Crippen LogP contribution in [0.5, 0.6) is 0 Å². The number of benzene rings is 1. The van der Waals surface area contributed by atoms with Crippen molar-refractivity contribution < 1.29 is 24.3 Å². The maximum Gasteiger partial charge on any atom is 0.246 e. The van der Waals surface area contributed by atoms with Crippen LogP contribution in [0.25, 0.3) is 10.4 Å². The highest BCUT2D eigenvalue weighted by Crippen LogP contribution is 2.35. The van der Waals surface area contributed by atoms with Crippen LogP contribution in [0.2, 0.25) is 0 Å². The monoisotopic (exact) mass is 569 g/mol. The number of likely N-dealkylation sites (tertiary alicyclic amines) is 1. The molecule has 1 aromatic carbocycles. The molecule has 1 aromatic heterocycles. The molecule has 2 fully saturated rings. The number of hydrogen-bond acceptors (Lipinski definition) is 7. The number of nitrogens with zero attached hydrogens (tertiary/aromatic N) is 2. The summed E-state index contributed by atoms with van der Waals surface area (Å²) in [6, 6.07) is 5.74. The Labute approximate surface area is 238 Å². The maximum absolute atomic E-state index is 13.8. The summed E-state index contributed by atoms with van der Waals surface area (Å²) in [6.07, 6.45) is 0.318. The number of β-amino-alcohol motifs (C(OH)–C–C–N with tert-alkyl or cyclic N) is 1. The Kier molecular flexibility index (Phi) is 8.65. The highest BCUT2D eigenvalue weighted by Gasteiger charge is 2.47. The molecule has 2 heterocycles. The number of thiazole rings is 1. The zero-order chi connectivity index (χ0) is 29.4. The minimum atomic E-state index is -0.949. The first kappa shape index (κ1) is 29.7. The second-order valence-corrected chi connectivity index (χ2v) is 12.9. The van der Waals surface area contributed by atoms with E-state index in [0.29, 0.717) is 12.8 Å². The van der Waals surface area contributed by atoms with Gasteiger partial charge in [0.25, 0.3) is 0 Å². The van der Waals surface area contributed by atoms with Crippen molar-refractivity contribution in [3.05, 3.63) is 41.0 Å². The second-order valence-electron chi connectivity index (χ2n) is 12.0. The Morgan fingerprint density at radius 3 is 2.25 bits per heavy atom. The van der Waals surface area contributed by atoms with Crippen molar-refractivity contribution in [2.75, 3.05) is 6.54 Å². The van der Waals surface area contributed by atoms with Crippen LogP contribution in [0.4, 0.5) is 0 Å². The van der Waals surface area contributed by atoms with Gasteiger partial charge in [0.05, 0.1) is 28.2 Å². The molecule has 1 saturated heterocycles. The van der Waals surface area contributed by atoms with Crippen LogP contribution in [-0.2, 0) is 19.2 Å². The number of nitrogens with two attached hydrogens (primary N) is 1. The number of rotatable bonds is 8. The van der Waals surface area contributed by atoms with Gasteiger partial charge >= 0.3 is 0 Å². The number of carbonyl (C=O) groups is 4. The van der Waals surface area contributed by atoms with Gasteiger partial charge in [-0.1, -0.05) is 45.0 Å². The Balaban J connectivity index is 1.45. The SMILES string of the molecule is Cc1ncsc1-c1ccc([C@H](C)NC(=O)[C@@H]2C[C@@H](O)CN2C(=O)[C@@H](NC(=O)C2CCC2C(N)=O)C(C)(C)C)cc1. The van der Waals surface area contributed by atoms with E-state index >= 15 is 0 Å². The molecule has 6 atom stereocenters. The van der Waals surface area contributed by atoms with Gasteiger partial charge in [-0.25, -0.2) is 4.98 Å². The smallest absolute Gasteiger partial charge is 0.246 e. The van der Waals surface area contributed by atoms with E-state index in [2.05, 4.69) is 15.6 Å². The average Bonchev–Trinajstić information content (AvgIpc) is 3.45. The summed E-state index contributed by atoms with van der Waals surface area (Å²) in [5.41, 5.74) is 9.47. The number of primary amides is 1. The van der Waals surface area contributed by atoms with Gasteiger partial charge in [-0.05, 0) is 43.2 Å². The van der Waals surface area contributed by atoms with Gasteiger partial charge < -0.3 is 26.4 Å². The van der Waals surface area contributed by atoms with Gasteiger partial charge in [-0.15, -0.1) is 11.3 Å². The highest BCUT2D eigenvalue weighted by molar-refractivity contribution is 7.13. The third-order valence-electron chi connectivity index (χ3n) is 8.02. The first-order valence-corrected chi connectivity index (χ1v) is 14.5. The van der Waals surface area contributed by atoms with Crippen LogP contribution in [0.3, 0.4) is 0 Å². The van der Waals surface area contributed by atoms with Crippen LogP contribution >= 0.6 is 11.3 Å². The summed E-state index contributed by atoms with van der Waals surface area (Å²) in [7, 11) is 0. The zero-order valence-electron chi connectivity index (χ0n) is 23.6. The summed E-state index contributed by atoms with van der Waals surface area (Å²) in [5, 5.41) is 16.3. The summed E-state index contributed by atoms with van der Waals surface area (Å²) < 4.78 is 0. The molecule has 5 N–H and O–H groups in total. The minimum Gasteiger partial charge on any atom is -0.391 e. The molecule has 2 unspecified atom stereocenters. The van der Waals surface area contributed by atoms with Gasteiger partial charge in [0, 0.05) is 24.8 Å². The van der Waals surface area contributed by atoms with E-state index in [4.69, 9.17) is 5.73 Å². The fourth-order valence-corrected chi connectivity index (χ4v) is 6.23. The number of aliphatic hydroxyl groups is 1. The molecule has 2 aromatic rings. The van der Waals surface area contributed by atoms with Crippen molar-refractivity contribution in [3.63, 3.8) is 0 Å². The van der Waals surface area contributed by atoms with Crippen molar-refractivity contribution in [2.24, 2.45) is 23.0 Å². The van der Waals surface area contributed by atoms with E-state index in [1.165, 1.54) is 4.90 Å². The topological polar surface area (TPSA) is 155 Å². The number of aromatic nitrogens is 1. The molecular weight excluding hydrogens is 530 g/mol. The van der Waals surface area contributed by atoms with Crippen LogP contribution in [-0.4, -0.2) is 63.4 Å². The predicted molar refractivity (Wildman–Crippen MR) is 152 cm³/mol. The lowest BCUT2D eigenvalue weighted by Gasteiger charge is -2.38. The molecule has 1 saturated carbocycles. The van der Waals surface area contributed by atoms with E-state index in [0.717, 1.165) is 21.7 Å². The van der Waals surface area contributed by atoms with Gasteiger partial charge in [-0.2, -0.15) is 0 Å². The molecule has 0 radical (unpaired) electrons. The highest BCUT2D eigenvalue weighted by atomic mass is 32.1. The molecule has 11 heteroatoms. The molecule has 2 aliphatic rings. The number of amides is 4. The predicted octanol–water partition coefficient (Wildman–Crippen LogP) is 2.30. The van der Waals surface area contributed by atoms with E-state index in [-0.39, 0.29) is 24.9 Å². The number of aliphatic hydroxyl groups excluding tert-OH is 1. The number of carbonyl (C=O) groups excluding carboxylic acids is 4. The molecule has 40 heavy (non-hydrogen) atoms. The lowest BCUT2D eigenvalue weighted by Crippen LogP contribution is -2.59.